The van der Waals surface area contributed by atoms with Crippen LogP contribution in [0.4, 0.5) is 11.4 Å². The van der Waals surface area contributed by atoms with Gasteiger partial charge >= 0.3 is 53.0 Å². The van der Waals surface area contributed by atoms with E-state index in [-0.39, 0.29) is 53.4 Å². The van der Waals surface area contributed by atoms with Gasteiger partial charge in [0.05, 0.1) is 17.1 Å². The fourth-order valence-corrected chi connectivity index (χ4v) is 11.2. The summed E-state index contributed by atoms with van der Waals surface area (Å²) in [6, 6.07) is 17.6. The number of nitrogens with two attached hydrogens (primary N) is 1. The quantitative estimate of drug-likeness (QED) is 0.0246. The van der Waals surface area contributed by atoms with Crippen LogP contribution in [0.3, 0.4) is 0 Å². The molecule has 7 rings (SSSR count). The molecule has 1 aliphatic rings. The van der Waals surface area contributed by atoms with E-state index >= 15 is 0 Å². The summed E-state index contributed by atoms with van der Waals surface area (Å²) in [4.78, 5) is 75.1. The molecule has 0 amide bonds. The molecule has 2 atom stereocenters. The lowest BCUT2D eigenvalue weighted by Crippen LogP contribution is -2.27. The van der Waals surface area contributed by atoms with Crippen LogP contribution in [0.2, 0.25) is 0 Å². The second-order valence-electron chi connectivity index (χ2n) is 19.6. The van der Waals surface area contributed by atoms with Crippen LogP contribution >= 0.6 is 22.7 Å². The number of nitrogen functional groups attached to an aromatic ring is 1. The molecule has 5 heterocycles. The zero-order valence-corrected chi connectivity index (χ0v) is 57.8. The van der Waals surface area contributed by atoms with Gasteiger partial charge < -0.3 is 5.43 Å². The van der Waals surface area contributed by atoms with Crippen LogP contribution in [-0.4, -0.2) is 126 Å². The summed E-state index contributed by atoms with van der Waals surface area (Å²) in [6.45, 7) is 17.7. The summed E-state index contributed by atoms with van der Waals surface area (Å²) >= 11 is 3.28. The van der Waals surface area contributed by atoms with E-state index in [9.17, 15) is 32.4 Å². The van der Waals surface area contributed by atoms with E-state index in [2.05, 4.69) is 53.7 Å². The second kappa shape index (κ2) is 44.1. The summed E-state index contributed by atoms with van der Waals surface area (Å²) < 4.78 is 158. The van der Waals surface area contributed by atoms with Crippen molar-refractivity contribution >= 4 is 152 Å². The minimum Gasteiger partial charge on any atom is -0.323 e. The highest BCUT2D eigenvalue weighted by molar-refractivity contribution is 7.85. The van der Waals surface area contributed by atoms with Crippen molar-refractivity contribution in [2.24, 2.45) is 16.8 Å². The highest BCUT2D eigenvalue weighted by Gasteiger charge is 2.38. The first-order valence-corrected chi connectivity index (χ1v) is 35.8. The molecule has 4 N–H and O–H groups in total. The Bertz CT molecular complexity index is 4080. The van der Waals surface area contributed by atoms with Gasteiger partial charge in [-0.05, 0) is 140 Å². The summed E-state index contributed by atoms with van der Waals surface area (Å²) in [6.07, 6.45) is 7.63. The molecule has 2 unspecified atom stereocenters. The Morgan fingerprint density at radius 1 is 0.581 bits per heavy atom. The van der Waals surface area contributed by atoms with E-state index < -0.39 is 63.2 Å². The molecule has 0 spiro atoms. The monoisotopic (exact) mass is 1450 g/mol. The van der Waals surface area contributed by atoms with Crippen molar-refractivity contribution in [1.82, 2.24) is 9.97 Å². The minimum atomic E-state index is -3.86. The van der Waals surface area contributed by atoms with Gasteiger partial charge in [-0.15, -0.1) is 85.8 Å². The van der Waals surface area contributed by atoms with Crippen LogP contribution in [0, 0.1) is 5.92 Å². The number of fused-ring (bicyclic) bond motifs is 4. The Hall–Kier alpha value is -7.55. The molecule has 4 aromatic heterocycles. The Morgan fingerprint density at radius 2 is 0.935 bits per heavy atom. The standard InChI is InChI=1S/C28H32N2O2S.C21H23N3O2S.C7H14O4S.CH4.5O3S/c1-6-9-24(31)22-14-18(15-23(30-22)25(32)10-7-2)20-16-21-26(19-11-13-33-27(19)20)29-17(4)28(21,5)12-8-3;1-3-5-19(25)17-11-13(12-18(23-17)20(26)6-4-2)14-7-8-16(24-22)15-9-10-27-21(14)15;1-6(7(2)8)4-3-5-12(9,10)11;;5*1-4(2)3/h11,13-16H,6-10,12H2,1-5H3;7-12,24H,3-6,22H2,1-2H3;6H,3-5H2,1-2H3,(H,9,10,11);1H4;;;;;. The molecule has 512 valence electrons. The number of hydrogen-bond donors (Lipinski definition) is 3. The first kappa shape index (κ1) is 87.5. The maximum absolute atomic E-state index is 12.8. The first-order chi connectivity index (χ1) is 42.9. The first-order valence-electron chi connectivity index (χ1n) is 27.5. The molecule has 0 bridgehead atoms. The Morgan fingerprint density at radius 3 is 1.27 bits per heavy atom. The Labute approximate surface area is 554 Å². The molecule has 6 aromatic rings. The van der Waals surface area contributed by atoms with Gasteiger partial charge in [-0.2, -0.15) is 8.42 Å². The highest BCUT2D eigenvalue weighted by atomic mass is 32.2. The number of pyridine rings is 2. The molecule has 0 radical (unpaired) electrons. The van der Waals surface area contributed by atoms with Crippen LogP contribution in [0.25, 0.3) is 42.4 Å². The Balaban J connectivity index is 0. The molecule has 2 aromatic carbocycles. The van der Waals surface area contributed by atoms with Gasteiger partial charge in [0.2, 0.25) is 0 Å². The van der Waals surface area contributed by atoms with E-state index in [0.29, 0.717) is 61.3 Å². The molecule has 0 fully saturated rings. The number of Topliss-reactive ketones (excluding diaryl/α,β-unsaturated/α-hetero) is 5. The number of nitrogens with one attached hydrogen (secondary N) is 1. The van der Waals surface area contributed by atoms with E-state index in [1.807, 2.05) is 63.4 Å². The number of thiophene rings is 2. The number of hydrazine groups is 1. The predicted octanol–water partition coefficient (Wildman–Crippen LogP) is 9.80. The third-order valence-electron chi connectivity index (χ3n) is 13.0. The smallest absolute Gasteiger partial charge is 0.323 e. The molecule has 36 heteroatoms. The number of carbonyl (C=O) groups excluding carboxylic acids is 5. The summed E-state index contributed by atoms with van der Waals surface area (Å²) in [7, 11) is -19.4. The maximum Gasteiger partial charge on any atom is 0.425 e. The molecule has 1 aliphatic heterocycles. The van der Waals surface area contributed by atoms with Crippen LogP contribution < -0.4 is 11.3 Å². The number of anilines is 1. The SMILES string of the molecule is C.CC(=O)C(C)CCCS(=O)(=O)O.CCCC(=O)c1cc(-c2cc3c(c4ccsc24)N=C(C)C3(C)CCC)cc(C(=O)CCC)n1.CCCC(=O)c1cc(-c2ccc(NN)c3ccsc23)cc(C(=O)CCC)n1.O=S(=O)=O.O=S(=O)=O.O=S(=O)=O.O=S(=O)=O.O=S(=O)=O. The largest absolute Gasteiger partial charge is 0.425 e. The normalized spacial score (nSPS) is 12.4. The third kappa shape index (κ3) is 31.8. The molecule has 0 saturated carbocycles. The van der Waals surface area contributed by atoms with E-state index in [1.165, 1.54) is 12.5 Å². The third-order valence-corrected chi connectivity index (χ3v) is 15.7. The van der Waals surface area contributed by atoms with Crippen LogP contribution in [0.15, 0.2) is 70.3 Å². The highest BCUT2D eigenvalue weighted by Crippen LogP contribution is 2.51. The second-order valence-corrected chi connectivity index (χ2v) is 25.1. The Kier molecular flexibility index (Phi) is 41.5. The van der Waals surface area contributed by atoms with Crippen LogP contribution in [-0.2, 0) is 73.4 Å². The number of carbonyl (C=O) groups is 5. The van der Waals surface area contributed by atoms with Crippen molar-refractivity contribution in [1.29, 1.82) is 0 Å². The number of ketones is 5. The lowest BCUT2D eigenvalue weighted by atomic mass is 9.75. The summed E-state index contributed by atoms with van der Waals surface area (Å²) in [5, 5.41) is 6.26. The lowest BCUT2D eigenvalue weighted by molar-refractivity contribution is -0.120. The zero-order chi connectivity index (χ0) is 70.8. The number of hydrogen-bond acceptors (Lipinski definition) is 29. The van der Waals surface area contributed by atoms with Gasteiger partial charge in [-0.25, -0.2) is 9.97 Å². The molecule has 0 aliphatic carbocycles. The minimum absolute atomic E-state index is 0. The zero-order valence-electron chi connectivity index (χ0n) is 51.2. The van der Waals surface area contributed by atoms with Crippen molar-refractivity contribution in [3.8, 4) is 22.3 Å². The van der Waals surface area contributed by atoms with Crippen LogP contribution in [0.5, 0.6) is 0 Å². The van der Waals surface area contributed by atoms with Gasteiger partial charge in [0.1, 0.15) is 28.6 Å². The molecule has 28 nitrogen and oxygen atoms in total. The number of aliphatic imine (C=N–C) groups is 1. The predicted molar refractivity (Wildman–Crippen MR) is 351 cm³/mol. The van der Waals surface area contributed by atoms with Gasteiger partial charge in [0.25, 0.3) is 10.1 Å². The maximum atomic E-state index is 12.8. The number of benzene rings is 2. The van der Waals surface area contributed by atoms with Crippen molar-refractivity contribution in [2.75, 3.05) is 11.2 Å². The fraction of sp³-hybridized carbons (Fsp3) is 0.439. The van der Waals surface area contributed by atoms with Gasteiger partial charge in [0.15, 0.2) is 23.1 Å². The van der Waals surface area contributed by atoms with E-state index in [4.69, 9.17) is 78.5 Å². The molecule has 0 saturated heterocycles. The van der Waals surface area contributed by atoms with Gasteiger partial charge in [-0.3, -0.25) is 39.4 Å². The topological polar surface area (TPSA) is 472 Å². The van der Waals surface area contributed by atoms with Crippen molar-refractivity contribution in [3.63, 3.8) is 0 Å². The number of aromatic nitrogens is 2. The van der Waals surface area contributed by atoms with Gasteiger partial charge in [-0.1, -0.05) is 68.4 Å². The fourth-order valence-electron chi connectivity index (χ4n) is 8.74. The molecular formula is C57H73N5O23S8. The molecule has 93 heavy (non-hydrogen) atoms. The number of rotatable bonds is 22. The van der Waals surface area contributed by atoms with Crippen molar-refractivity contribution in [3.05, 3.63) is 93.7 Å². The van der Waals surface area contributed by atoms with Crippen molar-refractivity contribution in [2.45, 2.75) is 152 Å². The summed E-state index contributed by atoms with van der Waals surface area (Å²) in [5.41, 5.74) is 12.2. The lowest BCUT2D eigenvalue weighted by Gasteiger charge is -2.26. The molecular weight excluding hydrogens is 1380 g/mol. The van der Waals surface area contributed by atoms with E-state index in [1.54, 1.807) is 41.7 Å². The van der Waals surface area contributed by atoms with Crippen molar-refractivity contribution < 1.29 is 100 Å². The average molecular weight is 1450 g/mol. The van der Waals surface area contributed by atoms with Crippen LogP contribution in [0.1, 0.15) is 194 Å². The average Bonchev–Trinajstić information content (AvgIpc) is 1.59. The van der Waals surface area contributed by atoms with E-state index in [0.717, 1.165) is 98.0 Å². The van der Waals surface area contributed by atoms with Gasteiger partial charge in [0, 0.05) is 68.5 Å². The number of nitrogens with zero attached hydrogens (tertiary/aromatic N) is 3. The summed E-state index contributed by atoms with van der Waals surface area (Å²) in [5.74, 6) is 5.19.